The molecular weight excluding hydrogens is 262 g/mol. The van der Waals surface area contributed by atoms with E-state index in [1.807, 2.05) is 30.3 Å². The maximum absolute atomic E-state index is 10.1. The van der Waals surface area contributed by atoms with Gasteiger partial charge in [-0.05, 0) is 5.56 Å². The molecule has 20 heavy (non-hydrogen) atoms. The lowest BCUT2D eigenvalue weighted by molar-refractivity contribution is -0.389. The number of nitro groups is 2. The maximum Gasteiger partial charge on any atom is 0.269 e. The third-order valence-electron chi connectivity index (χ3n) is 2.35. The van der Waals surface area contributed by atoms with Crippen LogP contribution in [0.3, 0.4) is 0 Å². The number of nitro benzene ring substituents is 2. The molecular formula is C13H13N3O4. The SMILES string of the molecule is NCc1ccccc1.O=[N+]([O-])c1ccc([N+](=O)[O-])cc1. The van der Waals surface area contributed by atoms with Crippen molar-refractivity contribution in [2.45, 2.75) is 6.54 Å². The number of rotatable bonds is 3. The van der Waals surface area contributed by atoms with Crippen LogP contribution in [0.1, 0.15) is 5.56 Å². The predicted octanol–water partition coefficient (Wildman–Crippen LogP) is 2.65. The van der Waals surface area contributed by atoms with Crippen molar-refractivity contribution in [1.29, 1.82) is 0 Å². The van der Waals surface area contributed by atoms with Gasteiger partial charge in [0.05, 0.1) is 9.85 Å². The summed E-state index contributed by atoms with van der Waals surface area (Å²) in [6.45, 7) is 0.640. The summed E-state index contributed by atoms with van der Waals surface area (Å²) in [5, 5.41) is 20.2. The number of hydrogen-bond donors (Lipinski definition) is 1. The molecule has 2 N–H and O–H groups in total. The maximum atomic E-state index is 10.1. The van der Waals surface area contributed by atoms with Gasteiger partial charge in [-0.3, -0.25) is 20.2 Å². The molecule has 7 heteroatoms. The van der Waals surface area contributed by atoms with Gasteiger partial charge in [-0.15, -0.1) is 0 Å². The van der Waals surface area contributed by atoms with Gasteiger partial charge in [-0.2, -0.15) is 0 Å². The molecule has 0 fully saturated rings. The summed E-state index contributed by atoms with van der Waals surface area (Å²) in [7, 11) is 0. The summed E-state index contributed by atoms with van der Waals surface area (Å²) in [5.74, 6) is 0. The van der Waals surface area contributed by atoms with Crippen LogP contribution in [0.2, 0.25) is 0 Å². The third kappa shape index (κ3) is 4.83. The fourth-order valence-electron chi connectivity index (χ4n) is 1.31. The minimum atomic E-state index is -0.607. The topological polar surface area (TPSA) is 112 Å². The number of nitrogens with zero attached hydrogens (tertiary/aromatic N) is 2. The quantitative estimate of drug-likeness (QED) is 0.683. The first-order chi connectivity index (χ1) is 9.54. The lowest BCUT2D eigenvalue weighted by Crippen LogP contribution is -1.94. The van der Waals surface area contributed by atoms with Crippen LogP contribution < -0.4 is 5.73 Å². The molecule has 0 unspecified atom stereocenters. The molecule has 2 aromatic carbocycles. The van der Waals surface area contributed by atoms with Crippen molar-refractivity contribution in [2.24, 2.45) is 5.73 Å². The molecule has 0 spiro atoms. The molecule has 0 atom stereocenters. The molecule has 0 bridgehead atoms. The van der Waals surface area contributed by atoms with E-state index in [0.717, 1.165) is 24.3 Å². The second kappa shape index (κ2) is 7.59. The van der Waals surface area contributed by atoms with E-state index in [0.29, 0.717) is 6.54 Å². The Morgan fingerprint density at radius 2 is 1.20 bits per heavy atom. The zero-order valence-corrected chi connectivity index (χ0v) is 10.5. The average molecular weight is 275 g/mol. The van der Waals surface area contributed by atoms with E-state index in [4.69, 9.17) is 5.73 Å². The fraction of sp³-hybridized carbons (Fsp3) is 0.0769. The van der Waals surface area contributed by atoms with E-state index in [1.54, 1.807) is 0 Å². The van der Waals surface area contributed by atoms with Crippen molar-refractivity contribution in [2.75, 3.05) is 0 Å². The van der Waals surface area contributed by atoms with E-state index in [1.165, 1.54) is 5.56 Å². The standard InChI is InChI=1S/C7H9N.C6H4N2O4/c8-6-7-4-2-1-3-5-7;9-7(10)5-1-2-6(4-3-5)8(11)12/h1-5H,6,8H2;1-4H. The van der Waals surface area contributed by atoms with Crippen LogP contribution >= 0.6 is 0 Å². The van der Waals surface area contributed by atoms with Gasteiger partial charge in [0.2, 0.25) is 0 Å². The van der Waals surface area contributed by atoms with Gasteiger partial charge in [0.25, 0.3) is 11.4 Å². The van der Waals surface area contributed by atoms with Crippen molar-refractivity contribution < 1.29 is 9.85 Å². The van der Waals surface area contributed by atoms with Crippen molar-refractivity contribution >= 4 is 11.4 Å². The summed E-state index contributed by atoms with van der Waals surface area (Å²) in [6.07, 6.45) is 0. The second-order valence-electron chi connectivity index (χ2n) is 3.72. The molecule has 0 saturated carbocycles. The van der Waals surface area contributed by atoms with E-state index in [2.05, 4.69) is 0 Å². The minimum Gasteiger partial charge on any atom is -0.326 e. The zero-order valence-electron chi connectivity index (χ0n) is 10.5. The monoisotopic (exact) mass is 275 g/mol. The van der Waals surface area contributed by atoms with Crippen LogP contribution in [0, 0.1) is 20.2 Å². The Morgan fingerprint density at radius 1 is 0.800 bits per heavy atom. The van der Waals surface area contributed by atoms with E-state index < -0.39 is 9.85 Å². The van der Waals surface area contributed by atoms with Crippen LogP contribution in [0.15, 0.2) is 54.6 Å². The highest BCUT2D eigenvalue weighted by Crippen LogP contribution is 2.16. The summed E-state index contributed by atoms with van der Waals surface area (Å²) < 4.78 is 0. The lowest BCUT2D eigenvalue weighted by Gasteiger charge is -1.90. The highest BCUT2D eigenvalue weighted by atomic mass is 16.6. The summed E-state index contributed by atoms with van der Waals surface area (Å²) >= 11 is 0. The van der Waals surface area contributed by atoms with Crippen LogP contribution in [-0.2, 0) is 6.54 Å². The second-order valence-corrected chi connectivity index (χ2v) is 3.72. The highest BCUT2D eigenvalue weighted by molar-refractivity contribution is 5.39. The number of non-ortho nitro benzene ring substituents is 2. The molecule has 0 aliphatic carbocycles. The zero-order chi connectivity index (χ0) is 15.0. The van der Waals surface area contributed by atoms with Gasteiger partial charge in [0, 0.05) is 30.8 Å². The largest absolute Gasteiger partial charge is 0.326 e. The van der Waals surface area contributed by atoms with Crippen LogP contribution in [0.5, 0.6) is 0 Å². The Bertz CT molecular complexity index is 537. The third-order valence-corrected chi connectivity index (χ3v) is 2.35. The van der Waals surface area contributed by atoms with Gasteiger partial charge in [0.1, 0.15) is 0 Å². The molecule has 7 nitrogen and oxygen atoms in total. The summed E-state index contributed by atoms with van der Waals surface area (Å²) in [6, 6.07) is 14.4. The first-order valence-corrected chi connectivity index (χ1v) is 5.67. The predicted molar refractivity (Wildman–Crippen MR) is 74.1 cm³/mol. The first-order valence-electron chi connectivity index (χ1n) is 5.67. The van der Waals surface area contributed by atoms with Crippen molar-refractivity contribution in [3.05, 3.63) is 80.4 Å². The molecule has 0 aliphatic rings. The van der Waals surface area contributed by atoms with Crippen LogP contribution in [-0.4, -0.2) is 9.85 Å². The molecule has 0 amide bonds. The van der Waals surface area contributed by atoms with Gasteiger partial charge in [0.15, 0.2) is 0 Å². The Morgan fingerprint density at radius 3 is 1.45 bits per heavy atom. The summed E-state index contributed by atoms with van der Waals surface area (Å²) in [4.78, 5) is 19.0. The van der Waals surface area contributed by atoms with E-state index in [9.17, 15) is 20.2 Å². The summed E-state index contributed by atoms with van der Waals surface area (Å²) in [5.41, 5.74) is 6.23. The Hall–Kier alpha value is -2.80. The molecule has 0 saturated heterocycles. The van der Waals surface area contributed by atoms with Gasteiger partial charge < -0.3 is 5.73 Å². The molecule has 0 aromatic heterocycles. The van der Waals surface area contributed by atoms with E-state index >= 15 is 0 Å². The highest BCUT2D eigenvalue weighted by Gasteiger charge is 2.08. The smallest absolute Gasteiger partial charge is 0.269 e. The average Bonchev–Trinajstić information content (AvgIpc) is 2.48. The van der Waals surface area contributed by atoms with Gasteiger partial charge in [-0.1, -0.05) is 30.3 Å². The number of benzene rings is 2. The minimum absolute atomic E-state index is 0.152. The molecule has 2 aromatic rings. The van der Waals surface area contributed by atoms with Crippen molar-refractivity contribution in [3.63, 3.8) is 0 Å². The van der Waals surface area contributed by atoms with Crippen LogP contribution in [0.4, 0.5) is 11.4 Å². The van der Waals surface area contributed by atoms with Gasteiger partial charge >= 0.3 is 0 Å². The first kappa shape index (κ1) is 15.3. The molecule has 0 aliphatic heterocycles. The van der Waals surface area contributed by atoms with E-state index in [-0.39, 0.29) is 11.4 Å². The Labute approximate surface area is 115 Å². The Balaban J connectivity index is 0.000000217. The number of nitrogens with two attached hydrogens (primary N) is 1. The normalized spacial score (nSPS) is 9.25. The van der Waals surface area contributed by atoms with Crippen molar-refractivity contribution in [3.8, 4) is 0 Å². The molecule has 0 radical (unpaired) electrons. The van der Waals surface area contributed by atoms with Crippen molar-refractivity contribution in [1.82, 2.24) is 0 Å². The number of hydrogen-bond acceptors (Lipinski definition) is 5. The van der Waals surface area contributed by atoms with Crippen LogP contribution in [0.25, 0.3) is 0 Å². The lowest BCUT2D eigenvalue weighted by atomic mass is 10.2. The fourth-order valence-corrected chi connectivity index (χ4v) is 1.31. The molecule has 104 valence electrons. The molecule has 0 heterocycles. The molecule has 2 rings (SSSR count). The van der Waals surface area contributed by atoms with Gasteiger partial charge in [-0.25, -0.2) is 0 Å². The Kier molecular flexibility index (Phi) is 5.79.